The van der Waals surface area contributed by atoms with Gasteiger partial charge in [0.1, 0.15) is 0 Å². The zero-order chi connectivity index (χ0) is 8.39. The minimum absolute atomic E-state index is 0.672. The molecular weight excluding hydrogens is 146 g/mol. The molecule has 0 saturated carbocycles. The number of nitrogens with zero attached hydrogens (tertiary/aromatic N) is 1. The molecule has 0 aliphatic carbocycles. The molecule has 1 atom stereocenters. The Morgan fingerprint density at radius 1 is 1.25 bits per heavy atom. The van der Waals surface area contributed by atoms with Gasteiger partial charge >= 0.3 is 0 Å². The monoisotopic (exact) mass is 161 g/mol. The molecule has 64 valence electrons. The average Bonchev–Trinajstić information content (AvgIpc) is 2.53. The normalized spacial score (nSPS) is 24.6. The van der Waals surface area contributed by atoms with Crippen molar-refractivity contribution >= 4 is 0 Å². The molecule has 1 aliphatic rings. The molecule has 1 saturated heterocycles. The first-order valence-electron chi connectivity index (χ1n) is 4.63. The molecule has 0 spiro atoms. The summed E-state index contributed by atoms with van der Waals surface area (Å²) in [5, 5.41) is 0. The first kappa shape index (κ1) is 7.81. The second-order valence-electron chi connectivity index (χ2n) is 3.55. The van der Waals surface area contributed by atoms with Crippen LogP contribution in [0.15, 0.2) is 30.3 Å². The molecule has 1 aliphatic heterocycles. The Bertz CT molecular complexity index is 242. The van der Waals surface area contributed by atoms with E-state index in [1.807, 2.05) is 0 Å². The molecule has 1 unspecified atom stereocenters. The lowest BCUT2D eigenvalue weighted by atomic mass is 10.1. The van der Waals surface area contributed by atoms with Crippen LogP contribution in [0, 0.1) is 0 Å². The average molecular weight is 161 g/mol. The van der Waals surface area contributed by atoms with Gasteiger partial charge in [0, 0.05) is 6.04 Å². The Kier molecular flexibility index (Phi) is 2.13. The van der Waals surface area contributed by atoms with Crippen molar-refractivity contribution in [2.24, 2.45) is 0 Å². The van der Waals surface area contributed by atoms with Crippen molar-refractivity contribution in [2.45, 2.75) is 18.9 Å². The fourth-order valence-electron chi connectivity index (χ4n) is 2.01. The highest BCUT2D eigenvalue weighted by Crippen LogP contribution is 2.29. The molecule has 1 aromatic rings. The molecule has 1 heterocycles. The molecule has 1 nitrogen and oxygen atoms in total. The number of hydrogen-bond acceptors (Lipinski definition) is 1. The van der Waals surface area contributed by atoms with E-state index in [2.05, 4.69) is 42.3 Å². The smallest absolute Gasteiger partial charge is 0.0345 e. The van der Waals surface area contributed by atoms with Crippen molar-refractivity contribution in [3.8, 4) is 0 Å². The highest BCUT2D eigenvalue weighted by molar-refractivity contribution is 5.19. The van der Waals surface area contributed by atoms with E-state index in [0.717, 1.165) is 0 Å². The summed E-state index contributed by atoms with van der Waals surface area (Å²) >= 11 is 0. The van der Waals surface area contributed by atoms with E-state index in [0.29, 0.717) is 6.04 Å². The van der Waals surface area contributed by atoms with Crippen molar-refractivity contribution in [3.63, 3.8) is 0 Å². The maximum Gasteiger partial charge on any atom is 0.0345 e. The van der Waals surface area contributed by atoms with Crippen molar-refractivity contribution in [1.29, 1.82) is 0 Å². The molecule has 0 aromatic heterocycles. The zero-order valence-corrected chi connectivity index (χ0v) is 7.53. The Morgan fingerprint density at radius 3 is 2.58 bits per heavy atom. The van der Waals surface area contributed by atoms with Gasteiger partial charge in [-0.15, -0.1) is 0 Å². The summed E-state index contributed by atoms with van der Waals surface area (Å²) in [7, 11) is 2.21. The first-order valence-corrected chi connectivity index (χ1v) is 4.63. The summed E-state index contributed by atoms with van der Waals surface area (Å²) in [6.45, 7) is 1.25. The van der Waals surface area contributed by atoms with Gasteiger partial charge in [0.2, 0.25) is 0 Å². The summed E-state index contributed by atoms with van der Waals surface area (Å²) in [6.07, 6.45) is 2.66. The van der Waals surface area contributed by atoms with E-state index in [1.165, 1.54) is 24.9 Å². The second kappa shape index (κ2) is 3.28. The van der Waals surface area contributed by atoms with Gasteiger partial charge in [0.25, 0.3) is 0 Å². The first-order chi connectivity index (χ1) is 5.88. The van der Waals surface area contributed by atoms with Crippen LogP contribution in [-0.2, 0) is 0 Å². The van der Waals surface area contributed by atoms with E-state index >= 15 is 0 Å². The van der Waals surface area contributed by atoms with Crippen LogP contribution in [0.2, 0.25) is 0 Å². The van der Waals surface area contributed by atoms with E-state index in [-0.39, 0.29) is 0 Å². The molecule has 12 heavy (non-hydrogen) atoms. The Balaban J connectivity index is 2.19. The molecule has 0 bridgehead atoms. The predicted molar refractivity (Wildman–Crippen MR) is 51.0 cm³/mol. The van der Waals surface area contributed by atoms with Crippen LogP contribution in [0.25, 0.3) is 0 Å². The second-order valence-corrected chi connectivity index (χ2v) is 3.55. The third kappa shape index (κ3) is 1.37. The molecule has 1 fully saturated rings. The summed E-state index contributed by atoms with van der Waals surface area (Å²) in [6, 6.07) is 11.5. The lowest BCUT2D eigenvalue weighted by Crippen LogP contribution is -2.17. The van der Waals surface area contributed by atoms with Crippen LogP contribution in [0.5, 0.6) is 0 Å². The van der Waals surface area contributed by atoms with E-state index in [1.54, 1.807) is 0 Å². The lowest BCUT2D eigenvalue weighted by Gasteiger charge is -2.19. The largest absolute Gasteiger partial charge is 0.299 e. The van der Waals surface area contributed by atoms with Crippen LogP contribution in [0.3, 0.4) is 0 Å². The van der Waals surface area contributed by atoms with Gasteiger partial charge in [-0.2, -0.15) is 0 Å². The Morgan fingerprint density at radius 2 is 2.00 bits per heavy atom. The molecular formula is C11H15N. The third-order valence-corrected chi connectivity index (χ3v) is 2.70. The molecule has 1 aromatic carbocycles. The van der Waals surface area contributed by atoms with Crippen LogP contribution < -0.4 is 0 Å². The van der Waals surface area contributed by atoms with Crippen LogP contribution in [-0.4, -0.2) is 18.5 Å². The SMILES string of the molecule is CN1CCCC1c1ccccc1. The Hall–Kier alpha value is -0.820. The lowest BCUT2D eigenvalue weighted by molar-refractivity contribution is 0.317. The molecule has 0 N–H and O–H groups in total. The van der Waals surface area contributed by atoms with Crippen LogP contribution in [0.1, 0.15) is 24.4 Å². The number of rotatable bonds is 1. The fraction of sp³-hybridized carbons (Fsp3) is 0.455. The molecule has 2 rings (SSSR count). The fourth-order valence-corrected chi connectivity index (χ4v) is 2.01. The van der Waals surface area contributed by atoms with Crippen molar-refractivity contribution in [2.75, 3.05) is 13.6 Å². The molecule has 0 amide bonds. The van der Waals surface area contributed by atoms with Crippen molar-refractivity contribution in [3.05, 3.63) is 35.9 Å². The summed E-state index contributed by atoms with van der Waals surface area (Å²) < 4.78 is 0. The van der Waals surface area contributed by atoms with Gasteiger partial charge in [-0.3, -0.25) is 4.90 Å². The van der Waals surface area contributed by atoms with E-state index < -0.39 is 0 Å². The third-order valence-electron chi connectivity index (χ3n) is 2.70. The van der Waals surface area contributed by atoms with E-state index in [9.17, 15) is 0 Å². The highest BCUT2D eigenvalue weighted by atomic mass is 15.1. The van der Waals surface area contributed by atoms with Crippen molar-refractivity contribution in [1.82, 2.24) is 4.90 Å². The number of benzene rings is 1. The molecule has 1 heteroatoms. The zero-order valence-electron chi connectivity index (χ0n) is 7.53. The van der Waals surface area contributed by atoms with Crippen molar-refractivity contribution < 1.29 is 0 Å². The van der Waals surface area contributed by atoms with Gasteiger partial charge in [-0.25, -0.2) is 0 Å². The number of hydrogen-bond donors (Lipinski definition) is 0. The van der Waals surface area contributed by atoms with Gasteiger partial charge < -0.3 is 0 Å². The highest BCUT2D eigenvalue weighted by Gasteiger charge is 2.21. The summed E-state index contributed by atoms with van der Waals surface area (Å²) in [5.74, 6) is 0. The summed E-state index contributed by atoms with van der Waals surface area (Å²) in [5.41, 5.74) is 1.47. The molecule has 0 radical (unpaired) electrons. The van der Waals surface area contributed by atoms with Gasteiger partial charge in [0.15, 0.2) is 0 Å². The van der Waals surface area contributed by atoms with E-state index in [4.69, 9.17) is 0 Å². The minimum atomic E-state index is 0.672. The maximum atomic E-state index is 2.44. The topological polar surface area (TPSA) is 3.24 Å². The van der Waals surface area contributed by atoms with Crippen LogP contribution >= 0.6 is 0 Å². The van der Waals surface area contributed by atoms with Crippen LogP contribution in [0.4, 0.5) is 0 Å². The van der Waals surface area contributed by atoms with Gasteiger partial charge in [-0.1, -0.05) is 30.3 Å². The maximum absolute atomic E-state index is 2.44. The summed E-state index contributed by atoms with van der Waals surface area (Å²) in [4.78, 5) is 2.44. The minimum Gasteiger partial charge on any atom is -0.299 e. The quantitative estimate of drug-likeness (QED) is 0.611. The Labute approximate surface area is 74.0 Å². The predicted octanol–water partition coefficient (Wildman–Crippen LogP) is 2.45. The van der Waals surface area contributed by atoms with Gasteiger partial charge in [0.05, 0.1) is 0 Å². The van der Waals surface area contributed by atoms with Gasteiger partial charge in [-0.05, 0) is 32.0 Å². The standard InChI is InChI=1S/C11H15N/c1-12-9-5-8-11(12)10-6-3-2-4-7-10/h2-4,6-7,11H,5,8-9H2,1H3. The number of likely N-dealkylation sites (tertiary alicyclic amines) is 1.